The molecule has 10 heteroatoms. The molecule has 0 saturated carbocycles. The summed E-state index contributed by atoms with van der Waals surface area (Å²) in [4.78, 5) is 11.4. The Balaban J connectivity index is 2.30. The van der Waals surface area contributed by atoms with E-state index in [4.69, 9.17) is 21.6 Å². The number of hydrogen-bond acceptors (Lipinski definition) is 6. The lowest BCUT2D eigenvalue weighted by Gasteiger charge is -2.13. The molecule has 2 rings (SSSR count). The number of rotatable bonds is 7. The Kier molecular flexibility index (Phi) is 6.98. The normalized spacial score (nSPS) is 11.4. The molecule has 0 amide bonds. The highest BCUT2D eigenvalue weighted by Crippen LogP contribution is 2.26. The lowest BCUT2D eigenvalue weighted by molar-refractivity contribution is -0.138. The molecule has 0 spiro atoms. The van der Waals surface area contributed by atoms with Crippen LogP contribution in [0.5, 0.6) is 0 Å². The summed E-state index contributed by atoms with van der Waals surface area (Å²) in [5.74, 6) is -1.55. The van der Waals surface area contributed by atoms with Crippen LogP contribution >= 0.6 is 11.6 Å². The van der Waals surface area contributed by atoms with Gasteiger partial charge in [0.25, 0.3) is 10.0 Å². The van der Waals surface area contributed by atoms with Crippen LogP contribution in [0.15, 0.2) is 59.1 Å². The van der Waals surface area contributed by atoms with Crippen molar-refractivity contribution in [2.24, 2.45) is 0 Å². The van der Waals surface area contributed by atoms with E-state index in [1.54, 1.807) is 25.1 Å². The number of nitriles is 1. The molecular weight excluding hydrogens is 409 g/mol. The van der Waals surface area contributed by atoms with Crippen molar-refractivity contribution < 1.29 is 22.3 Å². The van der Waals surface area contributed by atoms with Gasteiger partial charge in [-0.05, 0) is 37.3 Å². The lowest BCUT2D eigenvalue weighted by atomic mass is 10.2. The molecule has 0 atom stereocenters. The van der Waals surface area contributed by atoms with E-state index in [2.05, 4.69) is 10.0 Å². The summed E-state index contributed by atoms with van der Waals surface area (Å²) in [6, 6.07) is 10.9. The monoisotopic (exact) mass is 423 g/mol. The van der Waals surface area contributed by atoms with Gasteiger partial charge >= 0.3 is 5.97 Å². The van der Waals surface area contributed by atoms with E-state index in [9.17, 15) is 17.6 Å². The highest BCUT2D eigenvalue weighted by atomic mass is 35.5. The van der Waals surface area contributed by atoms with Crippen LogP contribution in [0, 0.1) is 17.1 Å². The van der Waals surface area contributed by atoms with Crippen molar-refractivity contribution in [3.63, 3.8) is 0 Å². The first kappa shape index (κ1) is 21.2. The number of para-hydroxylation sites is 2. The van der Waals surface area contributed by atoms with E-state index in [1.807, 2.05) is 0 Å². The standard InChI is InChI=1S/C18H15ClFN3O4S/c1-2-27-18(24)12(10-21)11-22-16-5-3-4-6-17(16)23-28(25,26)13-7-8-15(20)14(19)9-13/h3-9,11,22-23H,2H2,1H3/b12-11+. The molecule has 0 unspecified atom stereocenters. The fraction of sp³-hybridized carbons (Fsp3) is 0.111. The average Bonchev–Trinajstić information content (AvgIpc) is 2.65. The van der Waals surface area contributed by atoms with E-state index in [-0.39, 0.29) is 33.5 Å². The lowest BCUT2D eigenvalue weighted by Crippen LogP contribution is -2.14. The van der Waals surface area contributed by atoms with E-state index in [1.165, 1.54) is 12.1 Å². The Morgan fingerprint density at radius 3 is 2.57 bits per heavy atom. The fourth-order valence-electron chi connectivity index (χ4n) is 2.04. The molecule has 0 saturated heterocycles. The van der Waals surface area contributed by atoms with Crippen molar-refractivity contribution in [3.8, 4) is 6.07 Å². The summed E-state index contributed by atoms with van der Waals surface area (Å²) >= 11 is 5.65. The molecule has 2 N–H and O–H groups in total. The van der Waals surface area contributed by atoms with Crippen LogP contribution in [0.25, 0.3) is 0 Å². The Morgan fingerprint density at radius 2 is 1.96 bits per heavy atom. The Bertz CT molecular complexity index is 1060. The predicted octanol–water partition coefficient (Wildman–Crippen LogP) is 3.66. The van der Waals surface area contributed by atoms with E-state index in [0.717, 1.165) is 24.4 Å². The van der Waals surface area contributed by atoms with Crippen LogP contribution in [-0.4, -0.2) is 21.0 Å². The third-order valence-electron chi connectivity index (χ3n) is 3.36. The predicted molar refractivity (Wildman–Crippen MR) is 103 cm³/mol. The Labute approximate surface area is 166 Å². The number of carbonyl (C=O) groups excluding carboxylic acids is 1. The summed E-state index contributed by atoms with van der Waals surface area (Å²) < 4.78 is 45.5. The second-order valence-corrected chi connectivity index (χ2v) is 7.35. The average molecular weight is 424 g/mol. The van der Waals surface area contributed by atoms with E-state index >= 15 is 0 Å². The van der Waals surface area contributed by atoms with Crippen molar-refractivity contribution in [3.05, 3.63) is 65.1 Å². The maximum Gasteiger partial charge on any atom is 0.350 e. The first-order chi connectivity index (χ1) is 13.3. The van der Waals surface area contributed by atoms with Crippen LogP contribution < -0.4 is 10.0 Å². The Hall–Kier alpha value is -3.09. The first-order valence-corrected chi connectivity index (χ1v) is 9.75. The molecule has 0 fully saturated rings. The van der Waals surface area contributed by atoms with Crippen molar-refractivity contribution in [1.29, 1.82) is 5.26 Å². The minimum absolute atomic E-state index is 0.106. The minimum atomic E-state index is -4.06. The number of anilines is 2. The molecule has 0 heterocycles. The third-order valence-corrected chi connectivity index (χ3v) is 5.01. The van der Waals surface area contributed by atoms with Gasteiger partial charge in [0.15, 0.2) is 5.57 Å². The summed E-state index contributed by atoms with van der Waals surface area (Å²) in [6.07, 6.45) is 1.11. The summed E-state index contributed by atoms with van der Waals surface area (Å²) in [6.45, 7) is 1.71. The molecule has 0 aliphatic rings. The molecule has 28 heavy (non-hydrogen) atoms. The number of halogens is 2. The van der Waals surface area contributed by atoms with Gasteiger partial charge in [-0.25, -0.2) is 17.6 Å². The maximum absolute atomic E-state index is 13.3. The topological polar surface area (TPSA) is 108 Å². The zero-order chi connectivity index (χ0) is 20.7. The quantitative estimate of drug-likeness (QED) is 0.399. The molecule has 0 aromatic heterocycles. The molecular formula is C18H15ClFN3O4S. The summed E-state index contributed by atoms with van der Waals surface area (Å²) in [5, 5.41) is 11.4. The minimum Gasteiger partial charge on any atom is -0.462 e. The van der Waals surface area contributed by atoms with Crippen LogP contribution in [0.3, 0.4) is 0 Å². The van der Waals surface area contributed by atoms with Crippen molar-refractivity contribution in [2.75, 3.05) is 16.6 Å². The van der Waals surface area contributed by atoms with Crippen LogP contribution in [0.2, 0.25) is 5.02 Å². The molecule has 0 radical (unpaired) electrons. The highest BCUT2D eigenvalue weighted by Gasteiger charge is 2.18. The first-order valence-electron chi connectivity index (χ1n) is 7.89. The number of esters is 1. The molecule has 2 aromatic carbocycles. The zero-order valence-corrected chi connectivity index (χ0v) is 16.1. The molecule has 146 valence electrons. The Morgan fingerprint density at radius 1 is 1.29 bits per heavy atom. The van der Waals surface area contributed by atoms with Gasteiger partial charge in [0.05, 0.1) is 27.9 Å². The second kappa shape index (κ2) is 9.21. The number of ether oxygens (including phenoxy) is 1. The van der Waals surface area contributed by atoms with Crippen molar-refractivity contribution in [2.45, 2.75) is 11.8 Å². The molecule has 0 aliphatic carbocycles. The van der Waals surface area contributed by atoms with Crippen LogP contribution in [0.4, 0.5) is 15.8 Å². The molecule has 0 bridgehead atoms. The van der Waals surface area contributed by atoms with Crippen LogP contribution in [-0.2, 0) is 19.6 Å². The molecule has 0 aliphatic heterocycles. The van der Waals surface area contributed by atoms with Crippen LogP contribution in [0.1, 0.15) is 6.92 Å². The maximum atomic E-state index is 13.3. The largest absolute Gasteiger partial charge is 0.462 e. The number of hydrogen-bond donors (Lipinski definition) is 2. The van der Waals surface area contributed by atoms with Gasteiger partial charge in [-0.2, -0.15) is 5.26 Å². The number of nitrogens with zero attached hydrogens (tertiary/aromatic N) is 1. The number of nitrogens with one attached hydrogen (secondary N) is 2. The number of benzene rings is 2. The zero-order valence-electron chi connectivity index (χ0n) is 14.6. The highest BCUT2D eigenvalue weighted by molar-refractivity contribution is 7.92. The van der Waals surface area contributed by atoms with Gasteiger partial charge in [0, 0.05) is 6.20 Å². The van der Waals surface area contributed by atoms with Gasteiger partial charge in [-0.3, -0.25) is 4.72 Å². The number of sulfonamides is 1. The van der Waals surface area contributed by atoms with E-state index in [0.29, 0.717) is 0 Å². The van der Waals surface area contributed by atoms with E-state index < -0.39 is 21.8 Å². The van der Waals surface area contributed by atoms with Gasteiger partial charge < -0.3 is 10.1 Å². The van der Waals surface area contributed by atoms with Crippen molar-refractivity contribution in [1.82, 2.24) is 0 Å². The molecule has 7 nitrogen and oxygen atoms in total. The van der Waals surface area contributed by atoms with Crippen molar-refractivity contribution >= 4 is 39.0 Å². The van der Waals surface area contributed by atoms with Gasteiger partial charge in [0.2, 0.25) is 0 Å². The fourth-order valence-corrected chi connectivity index (χ4v) is 3.39. The SMILES string of the molecule is CCOC(=O)/C(C#N)=C/Nc1ccccc1NS(=O)(=O)c1ccc(F)c(Cl)c1. The third kappa shape index (κ3) is 5.22. The van der Waals surface area contributed by atoms with Gasteiger partial charge in [-0.1, -0.05) is 23.7 Å². The van der Waals surface area contributed by atoms with Gasteiger partial charge in [-0.15, -0.1) is 0 Å². The smallest absolute Gasteiger partial charge is 0.350 e. The summed E-state index contributed by atoms with van der Waals surface area (Å²) in [5.41, 5.74) is 0.126. The molecule has 2 aromatic rings. The second-order valence-electron chi connectivity index (χ2n) is 5.26. The summed E-state index contributed by atoms with van der Waals surface area (Å²) in [7, 11) is -4.06. The number of carbonyl (C=O) groups is 1. The van der Waals surface area contributed by atoms with Gasteiger partial charge in [0.1, 0.15) is 11.9 Å².